The summed E-state index contributed by atoms with van der Waals surface area (Å²) in [6.45, 7) is 2.27. The highest BCUT2D eigenvalue weighted by Crippen LogP contribution is 2.13. The van der Waals surface area contributed by atoms with Gasteiger partial charge in [0, 0.05) is 5.56 Å². The summed E-state index contributed by atoms with van der Waals surface area (Å²) in [5.74, 6) is 0.153. The molecule has 0 saturated carbocycles. The summed E-state index contributed by atoms with van der Waals surface area (Å²) < 4.78 is 0. The van der Waals surface area contributed by atoms with Crippen LogP contribution in [0.2, 0.25) is 0 Å². The molecule has 0 radical (unpaired) electrons. The fourth-order valence-corrected chi connectivity index (χ4v) is 2.67. The van der Waals surface area contributed by atoms with Gasteiger partial charge in [-0.25, -0.2) is 0 Å². The molecule has 1 aromatic carbocycles. The Morgan fingerprint density at radius 3 is 1.76 bits per heavy atom. The minimum absolute atomic E-state index is 0.153. The SMILES string of the molecule is CCCCCCCCCCCCc1ccc(C(=N)N)cc1. The second-order valence-electron chi connectivity index (χ2n) is 6.04. The summed E-state index contributed by atoms with van der Waals surface area (Å²) in [5, 5.41) is 7.37. The van der Waals surface area contributed by atoms with Crippen molar-refractivity contribution in [2.24, 2.45) is 5.73 Å². The third kappa shape index (κ3) is 8.54. The average Bonchev–Trinajstić information content (AvgIpc) is 2.49. The summed E-state index contributed by atoms with van der Waals surface area (Å²) >= 11 is 0. The van der Waals surface area contributed by atoms with E-state index >= 15 is 0 Å². The molecule has 1 rings (SSSR count). The predicted octanol–water partition coefficient (Wildman–Crippen LogP) is 5.43. The van der Waals surface area contributed by atoms with E-state index in [-0.39, 0.29) is 5.84 Å². The molecule has 0 spiro atoms. The predicted molar refractivity (Wildman–Crippen MR) is 93.0 cm³/mol. The van der Waals surface area contributed by atoms with Crippen molar-refractivity contribution < 1.29 is 0 Å². The molecule has 118 valence electrons. The summed E-state index contributed by atoms with van der Waals surface area (Å²) in [7, 11) is 0. The van der Waals surface area contributed by atoms with Crippen LogP contribution in [0.1, 0.15) is 82.3 Å². The van der Waals surface area contributed by atoms with Crippen molar-refractivity contribution in [1.29, 1.82) is 5.41 Å². The first-order valence-electron chi connectivity index (χ1n) is 8.67. The lowest BCUT2D eigenvalue weighted by atomic mass is 10.0. The van der Waals surface area contributed by atoms with Crippen LogP contribution in [0.25, 0.3) is 0 Å². The molecule has 2 nitrogen and oxygen atoms in total. The van der Waals surface area contributed by atoms with Gasteiger partial charge in [0.1, 0.15) is 5.84 Å². The Labute approximate surface area is 130 Å². The summed E-state index contributed by atoms with van der Waals surface area (Å²) in [6, 6.07) is 8.11. The first-order chi connectivity index (χ1) is 10.2. The maximum absolute atomic E-state index is 7.37. The third-order valence-corrected chi connectivity index (χ3v) is 4.08. The van der Waals surface area contributed by atoms with Crippen LogP contribution in [-0.4, -0.2) is 5.84 Å². The lowest BCUT2D eigenvalue weighted by molar-refractivity contribution is 0.556. The molecule has 0 saturated heterocycles. The second-order valence-corrected chi connectivity index (χ2v) is 6.04. The van der Waals surface area contributed by atoms with E-state index in [9.17, 15) is 0 Å². The normalized spacial score (nSPS) is 10.7. The molecular weight excluding hydrogens is 256 g/mol. The second kappa shape index (κ2) is 11.4. The Hall–Kier alpha value is -1.31. The van der Waals surface area contributed by atoms with Crippen LogP contribution in [0.3, 0.4) is 0 Å². The number of nitrogens with one attached hydrogen (secondary N) is 1. The van der Waals surface area contributed by atoms with Crippen molar-refractivity contribution in [2.45, 2.75) is 77.6 Å². The highest BCUT2D eigenvalue weighted by atomic mass is 14.7. The number of aryl methyl sites for hydroxylation is 1. The molecule has 0 atom stereocenters. The van der Waals surface area contributed by atoms with Crippen LogP contribution < -0.4 is 5.73 Å². The summed E-state index contributed by atoms with van der Waals surface area (Å²) in [4.78, 5) is 0. The van der Waals surface area contributed by atoms with Gasteiger partial charge in [-0.15, -0.1) is 0 Å². The number of amidine groups is 1. The minimum Gasteiger partial charge on any atom is -0.384 e. The van der Waals surface area contributed by atoms with Gasteiger partial charge in [-0.05, 0) is 18.4 Å². The average molecular weight is 288 g/mol. The van der Waals surface area contributed by atoms with Gasteiger partial charge in [0.25, 0.3) is 0 Å². The zero-order chi connectivity index (χ0) is 15.3. The highest BCUT2D eigenvalue weighted by Gasteiger charge is 1.98. The van der Waals surface area contributed by atoms with Crippen LogP contribution in [0.4, 0.5) is 0 Å². The molecule has 0 bridgehead atoms. The van der Waals surface area contributed by atoms with E-state index in [1.54, 1.807) is 0 Å². The van der Waals surface area contributed by atoms with Crippen LogP contribution in [0, 0.1) is 5.41 Å². The molecule has 0 heterocycles. The molecule has 0 aliphatic heterocycles. The Morgan fingerprint density at radius 2 is 1.29 bits per heavy atom. The molecular formula is C19H32N2. The van der Waals surface area contributed by atoms with Crippen molar-refractivity contribution in [1.82, 2.24) is 0 Å². The largest absolute Gasteiger partial charge is 0.384 e. The van der Waals surface area contributed by atoms with Gasteiger partial charge in [-0.3, -0.25) is 5.41 Å². The van der Waals surface area contributed by atoms with Crippen LogP contribution >= 0.6 is 0 Å². The number of hydrogen-bond acceptors (Lipinski definition) is 1. The maximum Gasteiger partial charge on any atom is 0.122 e. The first-order valence-corrected chi connectivity index (χ1v) is 8.67. The molecule has 1 aromatic rings. The van der Waals surface area contributed by atoms with E-state index < -0.39 is 0 Å². The van der Waals surface area contributed by atoms with Crippen LogP contribution in [-0.2, 0) is 6.42 Å². The highest BCUT2D eigenvalue weighted by molar-refractivity contribution is 5.94. The van der Waals surface area contributed by atoms with Gasteiger partial charge in [0.05, 0.1) is 0 Å². The lowest BCUT2D eigenvalue weighted by Crippen LogP contribution is -2.10. The number of nitrogen functional groups attached to an aromatic ring is 1. The summed E-state index contributed by atoms with van der Waals surface area (Å²) in [5.41, 5.74) is 7.64. The van der Waals surface area contributed by atoms with Gasteiger partial charge in [0.2, 0.25) is 0 Å². The van der Waals surface area contributed by atoms with Crippen LogP contribution in [0.15, 0.2) is 24.3 Å². The third-order valence-electron chi connectivity index (χ3n) is 4.08. The zero-order valence-corrected chi connectivity index (χ0v) is 13.7. The van der Waals surface area contributed by atoms with E-state index in [2.05, 4.69) is 19.1 Å². The lowest BCUT2D eigenvalue weighted by Gasteiger charge is -2.04. The molecule has 21 heavy (non-hydrogen) atoms. The van der Waals surface area contributed by atoms with Crippen molar-refractivity contribution in [3.63, 3.8) is 0 Å². The smallest absolute Gasteiger partial charge is 0.122 e. The van der Waals surface area contributed by atoms with Crippen molar-refractivity contribution >= 4 is 5.84 Å². The quantitative estimate of drug-likeness (QED) is 0.300. The monoisotopic (exact) mass is 288 g/mol. The van der Waals surface area contributed by atoms with E-state index in [0.29, 0.717) is 0 Å². The molecule has 0 amide bonds. The number of benzene rings is 1. The summed E-state index contributed by atoms with van der Waals surface area (Å²) in [6.07, 6.45) is 15.0. The molecule has 0 aliphatic rings. The number of hydrogen-bond donors (Lipinski definition) is 2. The fraction of sp³-hybridized carbons (Fsp3) is 0.632. The topological polar surface area (TPSA) is 49.9 Å². The Kier molecular flexibility index (Phi) is 9.60. The van der Waals surface area contributed by atoms with Gasteiger partial charge < -0.3 is 5.73 Å². The Balaban J connectivity index is 1.98. The molecule has 0 unspecified atom stereocenters. The zero-order valence-electron chi connectivity index (χ0n) is 13.7. The molecule has 0 aliphatic carbocycles. The van der Waals surface area contributed by atoms with E-state index in [1.807, 2.05) is 12.1 Å². The number of rotatable bonds is 12. The van der Waals surface area contributed by atoms with E-state index in [1.165, 1.54) is 69.8 Å². The molecule has 3 N–H and O–H groups in total. The first kappa shape index (κ1) is 17.7. The number of unbranched alkanes of at least 4 members (excludes halogenated alkanes) is 9. The van der Waals surface area contributed by atoms with Gasteiger partial charge in [-0.1, -0.05) is 89.0 Å². The van der Waals surface area contributed by atoms with Crippen LogP contribution in [0.5, 0.6) is 0 Å². The Morgan fingerprint density at radius 1 is 0.810 bits per heavy atom. The van der Waals surface area contributed by atoms with Crippen molar-refractivity contribution in [3.05, 3.63) is 35.4 Å². The standard InChI is InChI=1S/C19H32N2/c1-2-3-4-5-6-7-8-9-10-11-12-17-13-15-18(16-14-17)19(20)21/h13-16H,2-12H2,1H3,(H3,20,21). The fourth-order valence-electron chi connectivity index (χ4n) is 2.67. The van der Waals surface area contributed by atoms with Gasteiger partial charge >= 0.3 is 0 Å². The van der Waals surface area contributed by atoms with Gasteiger partial charge in [-0.2, -0.15) is 0 Å². The van der Waals surface area contributed by atoms with E-state index in [0.717, 1.165) is 12.0 Å². The minimum atomic E-state index is 0.153. The molecule has 0 aromatic heterocycles. The van der Waals surface area contributed by atoms with E-state index in [4.69, 9.17) is 11.1 Å². The molecule has 2 heteroatoms. The van der Waals surface area contributed by atoms with Gasteiger partial charge in [0.15, 0.2) is 0 Å². The maximum atomic E-state index is 7.37. The van der Waals surface area contributed by atoms with Crippen molar-refractivity contribution in [3.8, 4) is 0 Å². The van der Waals surface area contributed by atoms with Crippen molar-refractivity contribution in [2.75, 3.05) is 0 Å². The Bertz CT molecular complexity index is 381. The number of nitrogens with two attached hydrogens (primary N) is 1. The molecule has 0 fully saturated rings.